The zero-order valence-corrected chi connectivity index (χ0v) is 19.1. The molecular formula is C27H39N. The Labute approximate surface area is 173 Å². The van der Waals surface area contributed by atoms with Crippen LogP contribution in [0, 0.1) is 18.3 Å². The van der Waals surface area contributed by atoms with Gasteiger partial charge in [-0.15, -0.1) is 0 Å². The number of aryl methyl sites for hydroxylation is 1. The lowest BCUT2D eigenvalue weighted by atomic mass is 9.75. The molecule has 0 aromatic heterocycles. The summed E-state index contributed by atoms with van der Waals surface area (Å²) in [4.78, 5) is 0. The van der Waals surface area contributed by atoms with Crippen molar-refractivity contribution >= 4 is 0 Å². The van der Waals surface area contributed by atoms with Crippen molar-refractivity contribution in [2.45, 2.75) is 73.3 Å². The quantitative estimate of drug-likeness (QED) is 0.520. The minimum Gasteiger partial charge on any atom is -0.389 e. The van der Waals surface area contributed by atoms with Crippen LogP contribution >= 0.6 is 0 Å². The van der Waals surface area contributed by atoms with Crippen molar-refractivity contribution < 1.29 is 0 Å². The number of benzene rings is 2. The number of rotatable bonds is 8. The minimum absolute atomic E-state index is 0.0162. The Balaban J connectivity index is 2.09. The van der Waals surface area contributed by atoms with E-state index in [1.165, 1.54) is 22.3 Å². The molecule has 0 aliphatic carbocycles. The molecule has 1 heteroatoms. The van der Waals surface area contributed by atoms with E-state index in [1.807, 2.05) is 0 Å². The topological polar surface area (TPSA) is 12.0 Å². The fraction of sp³-hybridized carbons (Fsp3) is 0.481. The number of allylic oxidation sites excluding steroid dienone is 1. The number of hydrogen-bond acceptors (Lipinski definition) is 1. The molecule has 152 valence electrons. The summed E-state index contributed by atoms with van der Waals surface area (Å²) in [6, 6.07) is 18.6. The van der Waals surface area contributed by atoms with Gasteiger partial charge in [0.05, 0.1) is 0 Å². The third kappa shape index (κ3) is 5.74. The van der Waals surface area contributed by atoms with Crippen LogP contribution in [0.2, 0.25) is 0 Å². The van der Waals surface area contributed by atoms with E-state index in [0.717, 1.165) is 6.42 Å². The molecule has 0 amide bonds. The molecule has 0 fully saturated rings. The summed E-state index contributed by atoms with van der Waals surface area (Å²) < 4.78 is 0. The average Bonchev–Trinajstić information content (AvgIpc) is 2.62. The monoisotopic (exact) mass is 377 g/mol. The molecule has 0 spiro atoms. The van der Waals surface area contributed by atoms with Crippen LogP contribution in [0.3, 0.4) is 0 Å². The van der Waals surface area contributed by atoms with Crippen LogP contribution in [0.15, 0.2) is 60.8 Å². The molecule has 1 atom stereocenters. The van der Waals surface area contributed by atoms with Gasteiger partial charge in [0.25, 0.3) is 0 Å². The van der Waals surface area contributed by atoms with E-state index in [9.17, 15) is 0 Å². The number of hydrogen-bond donors (Lipinski definition) is 1. The Morgan fingerprint density at radius 2 is 1.32 bits per heavy atom. The zero-order chi connectivity index (χ0) is 20.9. The van der Waals surface area contributed by atoms with Crippen LogP contribution in [-0.2, 0) is 11.8 Å². The Kier molecular flexibility index (Phi) is 7.15. The standard InChI is InChI=1S/C27H39N/c1-20(2)28-18-17-26(5,6)22(4)19-23-11-15-25(16-12-23)27(7,8)24-13-9-21(3)10-14-24/h9-18,20,22,28H,19H2,1-8H3. The first-order valence-electron chi connectivity index (χ1n) is 10.6. The van der Waals surface area contributed by atoms with Crippen LogP contribution in [0.25, 0.3) is 0 Å². The van der Waals surface area contributed by atoms with Crippen molar-refractivity contribution in [1.29, 1.82) is 0 Å². The summed E-state index contributed by atoms with van der Waals surface area (Å²) in [6.45, 7) is 18.1. The maximum atomic E-state index is 3.38. The molecule has 0 bridgehead atoms. The van der Waals surface area contributed by atoms with Gasteiger partial charge in [0, 0.05) is 11.5 Å². The summed E-state index contributed by atoms with van der Waals surface area (Å²) in [5.41, 5.74) is 5.62. The van der Waals surface area contributed by atoms with E-state index in [1.54, 1.807) is 0 Å². The van der Waals surface area contributed by atoms with Crippen LogP contribution in [0.4, 0.5) is 0 Å². The van der Waals surface area contributed by atoms with E-state index in [0.29, 0.717) is 12.0 Å². The lowest BCUT2D eigenvalue weighted by Gasteiger charge is -2.30. The summed E-state index contributed by atoms with van der Waals surface area (Å²) in [7, 11) is 0. The lowest BCUT2D eigenvalue weighted by Crippen LogP contribution is -2.23. The molecule has 28 heavy (non-hydrogen) atoms. The van der Waals surface area contributed by atoms with Crippen molar-refractivity contribution in [3.63, 3.8) is 0 Å². The fourth-order valence-corrected chi connectivity index (χ4v) is 3.43. The molecule has 0 aliphatic rings. The molecule has 0 saturated heterocycles. The maximum Gasteiger partial charge on any atom is 0.0199 e. The van der Waals surface area contributed by atoms with Crippen molar-refractivity contribution in [1.82, 2.24) is 5.32 Å². The molecule has 2 aromatic carbocycles. The maximum absolute atomic E-state index is 3.38. The number of nitrogens with one attached hydrogen (secondary N) is 1. The average molecular weight is 378 g/mol. The van der Waals surface area contributed by atoms with Gasteiger partial charge < -0.3 is 5.32 Å². The molecule has 1 N–H and O–H groups in total. The molecule has 0 aliphatic heterocycles. The van der Waals surface area contributed by atoms with E-state index >= 15 is 0 Å². The van der Waals surface area contributed by atoms with E-state index in [2.05, 4.69) is 122 Å². The van der Waals surface area contributed by atoms with Gasteiger partial charge in [-0.3, -0.25) is 0 Å². The Hall–Kier alpha value is -2.02. The summed E-state index contributed by atoms with van der Waals surface area (Å²) in [5.74, 6) is 0.564. The van der Waals surface area contributed by atoms with Crippen LogP contribution in [0.5, 0.6) is 0 Å². The van der Waals surface area contributed by atoms with E-state index < -0.39 is 0 Å². The molecule has 0 saturated carbocycles. The molecule has 0 radical (unpaired) electrons. The van der Waals surface area contributed by atoms with Gasteiger partial charge in [-0.1, -0.05) is 94.8 Å². The van der Waals surface area contributed by atoms with Gasteiger partial charge in [-0.2, -0.15) is 0 Å². The molecule has 1 nitrogen and oxygen atoms in total. The second-order valence-corrected chi connectivity index (χ2v) is 9.77. The summed E-state index contributed by atoms with van der Waals surface area (Å²) >= 11 is 0. The van der Waals surface area contributed by atoms with Gasteiger partial charge in [-0.05, 0) is 61.4 Å². The zero-order valence-electron chi connectivity index (χ0n) is 19.1. The van der Waals surface area contributed by atoms with Crippen LogP contribution in [-0.4, -0.2) is 6.04 Å². The van der Waals surface area contributed by atoms with Crippen LogP contribution in [0.1, 0.15) is 70.7 Å². The normalized spacial score (nSPS) is 13.9. The lowest BCUT2D eigenvalue weighted by molar-refractivity contribution is 0.304. The van der Waals surface area contributed by atoms with Gasteiger partial charge in [0.15, 0.2) is 0 Å². The first-order chi connectivity index (χ1) is 13.0. The predicted molar refractivity (Wildman–Crippen MR) is 124 cm³/mol. The van der Waals surface area contributed by atoms with Gasteiger partial charge >= 0.3 is 0 Å². The van der Waals surface area contributed by atoms with Crippen molar-refractivity contribution in [2.24, 2.45) is 11.3 Å². The molecule has 1 unspecified atom stereocenters. The molecule has 0 heterocycles. The van der Waals surface area contributed by atoms with E-state index in [4.69, 9.17) is 0 Å². The van der Waals surface area contributed by atoms with Crippen molar-refractivity contribution in [3.05, 3.63) is 83.1 Å². The highest BCUT2D eigenvalue weighted by Crippen LogP contribution is 2.34. The fourth-order valence-electron chi connectivity index (χ4n) is 3.43. The molecular weight excluding hydrogens is 338 g/mol. The molecule has 2 aromatic rings. The van der Waals surface area contributed by atoms with Crippen molar-refractivity contribution in [3.8, 4) is 0 Å². The van der Waals surface area contributed by atoms with Gasteiger partial charge in [-0.25, -0.2) is 0 Å². The van der Waals surface area contributed by atoms with E-state index in [-0.39, 0.29) is 10.8 Å². The Morgan fingerprint density at radius 3 is 1.82 bits per heavy atom. The largest absolute Gasteiger partial charge is 0.389 e. The smallest absolute Gasteiger partial charge is 0.0199 e. The Morgan fingerprint density at radius 1 is 0.821 bits per heavy atom. The highest BCUT2D eigenvalue weighted by Gasteiger charge is 2.25. The van der Waals surface area contributed by atoms with Gasteiger partial charge in [0.2, 0.25) is 0 Å². The SMILES string of the molecule is Cc1ccc(C(C)(C)c2ccc(CC(C)C(C)(C)C=CNC(C)C)cc2)cc1. The summed E-state index contributed by atoms with van der Waals surface area (Å²) in [6.07, 6.45) is 5.52. The Bertz CT molecular complexity index is 761. The highest BCUT2D eigenvalue weighted by molar-refractivity contribution is 5.39. The first-order valence-corrected chi connectivity index (χ1v) is 10.6. The highest BCUT2D eigenvalue weighted by atomic mass is 14.9. The predicted octanol–water partition coefficient (Wildman–Crippen LogP) is 7.04. The summed E-state index contributed by atoms with van der Waals surface area (Å²) in [5, 5.41) is 3.38. The van der Waals surface area contributed by atoms with Crippen molar-refractivity contribution in [2.75, 3.05) is 0 Å². The second-order valence-electron chi connectivity index (χ2n) is 9.77. The second kappa shape index (κ2) is 8.99. The third-order valence-electron chi connectivity index (χ3n) is 6.20. The molecule has 2 rings (SSSR count). The van der Waals surface area contributed by atoms with Crippen LogP contribution < -0.4 is 5.32 Å². The van der Waals surface area contributed by atoms with Gasteiger partial charge in [0.1, 0.15) is 0 Å². The first kappa shape index (κ1) is 22.3. The third-order valence-corrected chi connectivity index (χ3v) is 6.20. The minimum atomic E-state index is 0.0162.